The molecule has 0 aliphatic rings. The molecule has 22 heavy (non-hydrogen) atoms. The molecule has 122 valence electrons. The number of aromatic nitrogens is 1. The lowest BCUT2D eigenvalue weighted by atomic mass is 9.87. The molecule has 0 atom stereocenters. The number of hydrogen-bond donors (Lipinski definition) is 0. The van der Waals surface area contributed by atoms with Gasteiger partial charge in [0, 0.05) is 5.41 Å². The Morgan fingerprint density at radius 3 is 2.00 bits per heavy atom. The van der Waals surface area contributed by atoms with Crippen LogP contribution in [-0.4, -0.2) is 11.3 Å². The summed E-state index contributed by atoms with van der Waals surface area (Å²) in [5.41, 5.74) is 0.578. The number of fused-ring (bicyclic) bond motifs is 1. The average molecular weight is 331 g/mol. The summed E-state index contributed by atoms with van der Waals surface area (Å²) < 4.78 is 43.0. The Balaban J connectivity index is 2.70. The van der Waals surface area contributed by atoms with E-state index in [-0.39, 0.29) is 22.1 Å². The molecule has 0 bridgehead atoms. The Morgan fingerprint density at radius 1 is 0.955 bits per heavy atom. The minimum Gasteiger partial charge on any atom is -0.403 e. The number of ether oxygens (including phenoxy) is 1. The molecule has 0 aliphatic carbocycles. The molecule has 1 aromatic heterocycles. The molecule has 2 rings (SSSR count). The molecule has 0 fully saturated rings. The second kappa shape index (κ2) is 5.11. The van der Waals surface area contributed by atoms with Crippen LogP contribution in [0.3, 0.4) is 0 Å². The first-order valence-corrected chi connectivity index (χ1v) is 7.80. The van der Waals surface area contributed by atoms with E-state index in [1.165, 1.54) is 17.4 Å². The van der Waals surface area contributed by atoms with Gasteiger partial charge in [-0.15, -0.1) is 24.5 Å². The van der Waals surface area contributed by atoms with Gasteiger partial charge in [0.05, 0.1) is 9.71 Å². The van der Waals surface area contributed by atoms with E-state index in [9.17, 15) is 13.2 Å². The van der Waals surface area contributed by atoms with E-state index in [4.69, 9.17) is 0 Å². The first kappa shape index (κ1) is 17.1. The van der Waals surface area contributed by atoms with Gasteiger partial charge in [-0.2, -0.15) is 0 Å². The van der Waals surface area contributed by atoms with Crippen LogP contribution in [0.4, 0.5) is 13.2 Å². The van der Waals surface area contributed by atoms with Crippen molar-refractivity contribution >= 4 is 21.6 Å². The third kappa shape index (κ3) is 3.72. The zero-order chi connectivity index (χ0) is 16.9. The lowest BCUT2D eigenvalue weighted by molar-refractivity contribution is -0.274. The number of rotatable bonds is 1. The molecule has 0 amide bonds. The monoisotopic (exact) mass is 331 g/mol. The molecular weight excluding hydrogens is 311 g/mol. The third-order valence-corrected chi connectivity index (χ3v) is 4.62. The number of benzene rings is 1. The average Bonchev–Trinajstić information content (AvgIpc) is 2.69. The van der Waals surface area contributed by atoms with Crippen molar-refractivity contribution in [1.82, 2.24) is 4.98 Å². The van der Waals surface area contributed by atoms with Crippen LogP contribution in [0.25, 0.3) is 10.2 Å². The highest BCUT2D eigenvalue weighted by molar-refractivity contribution is 7.18. The van der Waals surface area contributed by atoms with Crippen LogP contribution >= 0.6 is 11.3 Å². The summed E-state index contributed by atoms with van der Waals surface area (Å²) in [4.78, 5) is 4.38. The topological polar surface area (TPSA) is 22.1 Å². The van der Waals surface area contributed by atoms with Gasteiger partial charge in [-0.05, 0) is 23.1 Å². The van der Waals surface area contributed by atoms with Gasteiger partial charge in [0.2, 0.25) is 0 Å². The van der Waals surface area contributed by atoms with E-state index < -0.39 is 6.36 Å². The molecular formula is C16H20F3NOS. The molecule has 6 heteroatoms. The molecule has 0 saturated carbocycles. The maximum absolute atomic E-state index is 12.7. The fourth-order valence-electron chi connectivity index (χ4n) is 1.96. The fourth-order valence-corrected chi connectivity index (χ4v) is 3.04. The second-order valence-corrected chi connectivity index (χ2v) is 8.42. The Kier molecular flexibility index (Phi) is 3.97. The Hall–Kier alpha value is -1.30. The normalized spacial score (nSPS) is 13.7. The van der Waals surface area contributed by atoms with Crippen molar-refractivity contribution in [2.24, 2.45) is 0 Å². The van der Waals surface area contributed by atoms with E-state index in [0.29, 0.717) is 0 Å². The molecule has 1 aromatic carbocycles. The van der Waals surface area contributed by atoms with E-state index >= 15 is 0 Å². The molecule has 0 radical (unpaired) electrons. The van der Waals surface area contributed by atoms with Gasteiger partial charge < -0.3 is 4.74 Å². The van der Waals surface area contributed by atoms with Gasteiger partial charge in [-0.1, -0.05) is 41.5 Å². The van der Waals surface area contributed by atoms with Crippen molar-refractivity contribution in [1.29, 1.82) is 0 Å². The van der Waals surface area contributed by atoms with Crippen LogP contribution in [0.15, 0.2) is 12.1 Å². The summed E-state index contributed by atoms with van der Waals surface area (Å²) in [6.45, 7) is 11.8. The van der Waals surface area contributed by atoms with Crippen LogP contribution in [0.2, 0.25) is 0 Å². The largest absolute Gasteiger partial charge is 0.573 e. The van der Waals surface area contributed by atoms with Crippen molar-refractivity contribution < 1.29 is 17.9 Å². The number of thiazole rings is 1. The zero-order valence-corrected chi connectivity index (χ0v) is 14.4. The first-order valence-electron chi connectivity index (χ1n) is 6.99. The zero-order valence-electron chi connectivity index (χ0n) is 13.6. The number of alkyl halides is 3. The molecule has 2 nitrogen and oxygen atoms in total. The fraction of sp³-hybridized carbons (Fsp3) is 0.562. The van der Waals surface area contributed by atoms with Crippen LogP contribution in [0.5, 0.6) is 5.75 Å². The molecule has 0 saturated heterocycles. The minimum absolute atomic E-state index is 0.221. The molecule has 2 aromatic rings. The summed E-state index contributed by atoms with van der Waals surface area (Å²) in [7, 11) is 0. The lowest BCUT2D eigenvalue weighted by Gasteiger charge is -2.20. The highest BCUT2D eigenvalue weighted by atomic mass is 32.1. The lowest BCUT2D eigenvalue weighted by Crippen LogP contribution is -2.18. The maximum atomic E-state index is 12.7. The third-order valence-electron chi connectivity index (χ3n) is 3.19. The highest BCUT2D eigenvalue weighted by Crippen LogP contribution is 2.40. The van der Waals surface area contributed by atoms with Crippen molar-refractivity contribution in [3.63, 3.8) is 0 Å². The second-order valence-electron chi connectivity index (χ2n) is 7.39. The van der Waals surface area contributed by atoms with Crippen LogP contribution < -0.4 is 4.74 Å². The van der Waals surface area contributed by atoms with E-state index in [0.717, 1.165) is 15.3 Å². The number of halogens is 3. The molecule has 0 N–H and O–H groups in total. The highest BCUT2D eigenvalue weighted by Gasteiger charge is 2.33. The van der Waals surface area contributed by atoms with Gasteiger partial charge in [-0.3, -0.25) is 0 Å². The summed E-state index contributed by atoms with van der Waals surface area (Å²) in [6.07, 6.45) is -4.73. The molecule has 0 spiro atoms. The molecule has 0 aliphatic heterocycles. The first-order chi connectivity index (χ1) is 9.77. The summed E-state index contributed by atoms with van der Waals surface area (Å²) >= 11 is 1.42. The smallest absolute Gasteiger partial charge is 0.403 e. The predicted molar refractivity (Wildman–Crippen MR) is 83.7 cm³/mol. The summed E-state index contributed by atoms with van der Waals surface area (Å²) in [6, 6.07) is 3.35. The van der Waals surface area contributed by atoms with Crippen LogP contribution in [0, 0.1) is 0 Å². The molecule has 1 heterocycles. The minimum atomic E-state index is -4.73. The number of hydrogen-bond acceptors (Lipinski definition) is 3. The van der Waals surface area contributed by atoms with Crippen molar-refractivity contribution in [3.8, 4) is 5.75 Å². The van der Waals surface area contributed by atoms with E-state index in [2.05, 4.69) is 9.72 Å². The van der Waals surface area contributed by atoms with Crippen molar-refractivity contribution in [3.05, 3.63) is 22.7 Å². The van der Waals surface area contributed by atoms with Crippen molar-refractivity contribution in [2.45, 2.75) is 58.7 Å². The van der Waals surface area contributed by atoms with Crippen molar-refractivity contribution in [2.75, 3.05) is 0 Å². The van der Waals surface area contributed by atoms with Gasteiger partial charge in [-0.25, -0.2) is 4.98 Å². The SMILES string of the molecule is CC(C)(C)c1cc(OC(F)(F)F)c2nc(C(C)(C)C)sc2c1. The maximum Gasteiger partial charge on any atom is 0.573 e. The van der Waals surface area contributed by atoms with Crippen LogP contribution in [-0.2, 0) is 10.8 Å². The predicted octanol–water partition coefficient (Wildman–Crippen LogP) is 5.79. The number of nitrogens with zero attached hydrogens (tertiary/aromatic N) is 1. The van der Waals surface area contributed by atoms with Gasteiger partial charge in [0.15, 0.2) is 5.75 Å². The Morgan fingerprint density at radius 2 is 1.55 bits per heavy atom. The Labute approximate surface area is 132 Å². The Bertz CT molecular complexity index is 690. The van der Waals surface area contributed by atoms with E-state index in [1.54, 1.807) is 0 Å². The van der Waals surface area contributed by atoms with Crippen LogP contribution in [0.1, 0.15) is 52.1 Å². The van der Waals surface area contributed by atoms with Gasteiger partial charge in [0.25, 0.3) is 0 Å². The standard InChI is InChI=1S/C16H20F3NOS/c1-14(2,3)9-7-10(21-16(17,18)19)12-11(8-9)22-13(20-12)15(4,5)6/h7-8H,1-6H3. The molecule has 0 unspecified atom stereocenters. The van der Waals surface area contributed by atoms with E-state index in [1.807, 2.05) is 47.6 Å². The van der Waals surface area contributed by atoms with Gasteiger partial charge in [0.1, 0.15) is 5.52 Å². The summed E-state index contributed by atoms with van der Waals surface area (Å²) in [5, 5.41) is 0.792. The summed E-state index contributed by atoms with van der Waals surface area (Å²) in [5.74, 6) is -0.221. The van der Waals surface area contributed by atoms with Gasteiger partial charge >= 0.3 is 6.36 Å². The quantitative estimate of drug-likeness (QED) is 0.660.